The van der Waals surface area contributed by atoms with Gasteiger partial charge in [0.25, 0.3) is 0 Å². The lowest BCUT2D eigenvalue weighted by atomic mass is 10.2. The Bertz CT molecular complexity index is 194. The first kappa shape index (κ1) is 11.5. The van der Waals surface area contributed by atoms with Crippen LogP contribution in [-0.4, -0.2) is 62.0 Å². The lowest BCUT2D eigenvalue weighted by Gasteiger charge is -2.32. The zero-order chi connectivity index (χ0) is 10.6. The van der Waals surface area contributed by atoms with Crippen LogP contribution in [0, 0.1) is 0 Å². The average molecular weight is 199 g/mol. The molecule has 1 amide bonds. The van der Waals surface area contributed by atoms with Gasteiger partial charge >= 0.3 is 0 Å². The van der Waals surface area contributed by atoms with Gasteiger partial charge in [0.2, 0.25) is 5.91 Å². The van der Waals surface area contributed by atoms with Crippen LogP contribution in [0.25, 0.3) is 0 Å². The van der Waals surface area contributed by atoms with Crippen molar-refractivity contribution in [3.8, 4) is 0 Å². The first-order valence-electron chi connectivity index (χ1n) is 5.25. The van der Waals surface area contributed by atoms with Gasteiger partial charge in [-0.15, -0.1) is 0 Å². The van der Waals surface area contributed by atoms with Crippen LogP contribution >= 0.6 is 0 Å². The molecule has 82 valence electrons. The number of amides is 1. The van der Waals surface area contributed by atoms with Crippen LogP contribution in [0.5, 0.6) is 0 Å². The van der Waals surface area contributed by atoms with E-state index < -0.39 is 0 Å². The maximum Gasteiger partial charge on any atom is 0.223 e. The molecule has 1 saturated heterocycles. The lowest BCUT2D eigenvalue weighted by molar-refractivity contribution is -0.132. The molecule has 1 rings (SSSR count). The summed E-state index contributed by atoms with van der Waals surface area (Å²) in [4.78, 5) is 15.7. The summed E-state index contributed by atoms with van der Waals surface area (Å²) in [5.41, 5.74) is 0. The topological polar surface area (TPSA) is 35.6 Å². The minimum Gasteiger partial charge on any atom is -0.340 e. The number of piperazine rings is 1. The Morgan fingerprint density at radius 1 is 1.57 bits per heavy atom. The molecule has 4 nitrogen and oxygen atoms in total. The smallest absolute Gasteiger partial charge is 0.223 e. The van der Waals surface area contributed by atoms with Gasteiger partial charge in [-0.2, -0.15) is 0 Å². The zero-order valence-electron chi connectivity index (χ0n) is 9.42. The molecule has 0 radical (unpaired) electrons. The molecule has 0 aliphatic carbocycles. The summed E-state index contributed by atoms with van der Waals surface area (Å²) < 4.78 is 0. The Balaban J connectivity index is 2.29. The van der Waals surface area contributed by atoms with E-state index in [0.717, 1.165) is 26.2 Å². The predicted molar refractivity (Wildman–Crippen MR) is 57.2 cm³/mol. The summed E-state index contributed by atoms with van der Waals surface area (Å²) in [7, 11) is 3.99. The number of nitrogens with zero attached hydrogens (tertiary/aromatic N) is 2. The number of hydrogen-bond acceptors (Lipinski definition) is 3. The summed E-state index contributed by atoms with van der Waals surface area (Å²) in [5.74, 6) is 0.284. The number of carbonyl (C=O) groups is 1. The molecule has 0 aromatic carbocycles. The minimum atomic E-state index is 0.284. The number of nitrogens with one attached hydrogen (secondary N) is 1. The predicted octanol–water partition coefficient (Wildman–Crippen LogP) is -0.242. The first-order valence-corrected chi connectivity index (χ1v) is 5.25. The molecule has 1 aliphatic heterocycles. The van der Waals surface area contributed by atoms with Crippen LogP contribution in [0.4, 0.5) is 0 Å². The molecule has 1 aliphatic rings. The second-order valence-corrected chi connectivity index (χ2v) is 4.25. The third-order valence-corrected chi connectivity index (χ3v) is 2.49. The van der Waals surface area contributed by atoms with Crippen molar-refractivity contribution in [2.45, 2.75) is 19.4 Å². The van der Waals surface area contributed by atoms with E-state index in [1.165, 1.54) is 0 Å². The van der Waals surface area contributed by atoms with Crippen molar-refractivity contribution >= 4 is 5.91 Å². The molecule has 14 heavy (non-hydrogen) atoms. The highest BCUT2D eigenvalue weighted by atomic mass is 16.2. The summed E-state index contributed by atoms with van der Waals surface area (Å²) >= 11 is 0. The fourth-order valence-corrected chi connectivity index (χ4v) is 1.64. The molecule has 1 atom stereocenters. The van der Waals surface area contributed by atoms with Gasteiger partial charge in [-0.1, -0.05) is 0 Å². The van der Waals surface area contributed by atoms with Crippen LogP contribution in [0.15, 0.2) is 0 Å². The van der Waals surface area contributed by atoms with E-state index in [2.05, 4.69) is 12.2 Å². The molecule has 0 saturated carbocycles. The average Bonchev–Trinajstić information content (AvgIpc) is 2.14. The molecule has 0 unspecified atom stereocenters. The summed E-state index contributed by atoms with van der Waals surface area (Å²) in [5, 5.41) is 3.33. The minimum absolute atomic E-state index is 0.284. The van der Waals surface area contributed by atoms with E-state index in [-0.39, 0.29) is 5.91 Å². The molecule has 1 fully saturated rings. The highest BCUT2D eigenvalue weighted by molar-refractivity contribution is 5.76. The number of hydrogen-bond donors (Lipinski definition) is 1. The number of carbonyl (C=O) groups excluding carboxylic acids is 1. The van der Waals surface area contributed by atoms with Gasteiger partial charge in [-0.3, -0.25) is 4.79 Å². The maximum absolute atomic E-state index is 11.7. The SMILES string of the molecule is C[C@@H]1CN(C(=O)CCN(C)C)CCN1. The van der Waals surface area contributed by atoms with E-state index >= 15 is 0 Å². The Kier molecular flexibility index (Phi) is 4.35. The van der Waals surface area contributed by atoms with Gasteiger partial charge < -0.3 is 15.1 Å². The molecule has 0 bridgehead atoms. The van der Waals surface area contributed by atoms with Crippen LogP contribution < -0.4 is 5.32 Å². The Hall–Kier alpha value is -0.610. The maximum atomic E-state index is 11.7. The molecule has 0 aromatic heterocycles. The van der Waals surface area contributed by atoms with Crippen molar-refractivity contribution < 1.29 is 4.79 Å². The van der Waals surface area contributed by atoms with Gasteiger partial charge in [0.1, 0.15) is 0 Å². The fourth-order valence-electron chi connectivity index (χ4n) is 1.64. The van der Waals surface area contributed by atoms with Gasteiger partial charge in [-0.25, -0.2) is 0 Å². The largest absolute Gasteiger partial charge is 0.340 e. The van der Waals surface area contributed by atoms with E-state index in [1.54, 1.807) is 0 Å². The lowest BCUT2D eigenvalue weighted by Crippen LogP contribution is -2.51. The van der Waals surface area contributed by atoms with E-state index in [4.69, 9.17) is 0 Å². The van der Waals surface area contributed by atoms with Crippen LogP contribution in [-0.2, 0) is 4.79 Å². The molecule has 0 aromatic rings. The molecule has 4 heteroatoms. The molecule has 1 N–H and O–H groups in total. The summed E-state index contributed by atoms with van der Waals surface area (Å²) in [6, 6.07) is 0.437. The molecular formula is C10H21N3O. The first-order chi connectivity index (χ1) is 6.59. The highest BCUT2D eigenvalue weighted by Crippen LogP contribution is 2.01. The van der Waals surface area contributed by atoms with Crippen molar-refractivity contribution in [1.82, 2.24) is 15.1 Å². The normalized spacial score (nSPS) is 22.9. The van der Waals surface area contributed by atoms with Gasteiger partial charge in [0.15, 0.2) is 0 Å². The van der Waals surface area contributed by atoms with E-state index in [1.807, 2.05) is 23.9 Å². The monoisotopic (exact) mass is 199 g/mol. The third-order valence-electron chi connectivity index (χ3n) is 2.49. The van der Waals surface area contributed by atoms with Crippen LogP contribution in [0.3, 0.4) is 0 Å². The van der Waals surface area contributed by atoms with Crippen LogP contribution in [0.2, 0.25) is 0 Å². The standard InChI is InChI=1S/C10H21N3O/c1-9-8-13(7-5-11-9)10(14)4-6-12(2)3/h9,11H,4-8H2,1-3H3/t9-/m1/s1. The van der Waals surface area contributed by atoms with Crippen molar-refractivity contribution in [3.05, 3.63) is 0 Å². The Morgan fingerprint density at radius 2 is 2.29 bits per heavy atom. The van der Waals surface area contributed by atoms with Crippen LogP contribution in [0.1, 0.15) is 13.3 Å². The zero-order valence-corrected chi connectivity index (χ0v) is 9.42. The van der Waals surface area contributed by atoms with Crippen molar-refractivity contribution in [2.75, 3.05) is 40.3 Å². The van der Waals surface area contributed by atoms with Gasteiger partial charge in [0.05, 0.1) is 0 Å². The summed E-state index contributed by atoms with van der Waals surface area (Å²) in [6.07, 6.45) is 0.639. The quantitative estimate of drug-likeness (QED) is 0.681. The third kappa shape index (κ3) is 3.64. The van der Waals surface area contributed by atoms with Crippen molar-refractivity contribution in [1.29, 1.82) is 0 Å². The summed E-state index contributed by atoms with van der Waals surface area (Å²) in [6.45, 7) is 5.60. The number of rotatable bonds is 3. The van der Waals surface area contributed by atoms with Crippen molar-refractivity contribution in [3.63, 3.8) is 0 Å². The second kappa shape index (κ2) is 5.32. The fraction of sp³-hybridized carbons (Fsp3) is 0.900. The molecular weight excluding hydrogens is 178 g/mol. The van der Waals surface area contributed by atoms with Gasteiger partial charge in [-0.05, 0) is 21.0 Å². The van der Waals surface area contributed by atoms with E-state index in [9.17, 15) is 4.79 Å². The highest BCUT2D eigenvalue weighted by Gasteiger charge is 2.19. The van der Waals surface area contributed by atoms with Crippen molar-refractivity contribution in [2.24, 2.45) is 0 Å². The van der Waals surface area contributed by atoms with E-state index in [0.29, 0.717) is 12.5 Å². The second-order valence-electron chi connectivity index (χ2n) is 4.25. The molecule has 0 spiro atoms. The Morgan fingerprint density at radius 3 is 2.86 bits per heavy atom. The Labute approximate surface area is 86.2 Å². The molecule has 1 heterocycles. The van der Waals surface area contributed by atoms with Gasteiger partial charge in [0, 0.05) is 38.6 Å².